The van der Waals surface area contributed by atoms with Gasteiger partial charge in [0.25, 0.3) is 0 Å². The van der Waals surface area contributed by atoms with Crippen molar-refractivity contribution in [1.82, 2.24) is 10.2 Å². The third kappa shape index (κ3) is 4.29. The Bertz CT molecular complexity index is 902. The predicted molar refractivity (Wildman–Crippen MR) is 131 cm³/mol. The fraction of sp³-hybridized carbons (Fsp3) is 0.556. The number of nitrogens with one attached hydrogen (secondary N) is 1. The SMILES string of the molecule is Cc1ccc(C2CCCCC2N2CCC3(CC2)CNC[C@@H]3c2ccc(Cl)c(Cl)c2)cc1. The van der Waals surface area contributed by atoms with E-state index in [1.54, 1.807) is 5.56 Å². The van der Waals surface area contributed by atoms with E-state index >= 15 is 0 Å². The molecule has 1 aliphatic carbocycles. The first-order valence-electron chi connectivity index (χ1n) is 12.0. The average molecular weight is 457 g/mol. The van der Waals surface area contributed by atoms with Gasteiger partial charge in [0.15, 0.2) is 0 Å². The number of benzene rings is 2. The Morgan fingerprint density at radius 1 is 0.903 bits per heavy atom. The third-order valence-corrected chi connectivity index (χ3v) is 9.15. The Kier molecular flexibility index (Phi) is 6.36. The molecule has 2 aromatic rings. The molecular weight excluding hydrogens is 423 g/mol. The van der Waals surface area contributed by atoms with Crippen molar-refractivity contribution >= 4 is 23.2 Å². The maximum atomic E-state index is 6.37. The first kappa shape index (κ1) is 21.8. The van der Waals surface area contributed by atoms with Crippen LogP contribution in [0.2, 0.25) is 10.0 Å². The topological polar surface area (TPSA) is 15.3 Å². The Hall–Kier alpha value is -1.06. The summed E-state index contributed by atoms with van der Waals surface area (Å²) in [7, 11) is 0. The van der Waals surface area contributed by atoms with E-state index in [1.165, 1.54) is 62.7 Å². The summed E-state index contributed by atoms with van der Waals surface area (Å²) in [5.74, 6) is 1.22. The fourth-order valence-electron chi connectivity index (χ4n) is 6.58. The van der Waals surface area contributed by atoms with Gasteiger partial charge < -0.3 is 5.32 Å². The van der Waals surface area contributed by atoms with Crippen molar-refractivity contribution in [2.45, 2.75) is 63.3 Å². The molecule has 1 spiro atoms. The van der Waals surface area contributed by atoms with E-state index in [1.807, 2.05) is 6.07 Å². The number of halogens is 2. The Balaban J connectivity index is 1.31. The lowest BCUT2D eigenvalue weighted by Crippen LogP contribution is -2.50. The van der Waals surface area contributed by atoms with E-state index in [4.69, 9.17) is 23.2 Å². The zero-order chi connectivity index (χ0) is 21.4. The highest BCUT2D eigenvalue weighted by Gasteiger charge is 2.47. The van der Waals surface area contributed by atoms with Gasteiger partial charge in [0, 0.05) is 25.0 Å². The molecule has 2 unspecified atom stereocenters. The van der Waals surface area contributed by atoms with Crippen LogP contribution in [0.15, 0.2) is 42.5 Å². The maximum Gasteiger partial charge on any atom is 0.0595 e. The second-order valence-electron chi connectivity index (χ2n) is 10.1. The number of aryl methyl sites for hydroxylation is 1. The van der Waals surface area contributed by atoms with Crippen LogP contribution in [0.3, 0.4) is 0 Å². The molecule has 4 heteroatoms. The van der Waals surface area contributed by atoms with Gasteiger partial charge in [-0.15, -0.1) is 0 Å². The van der Waals surface area contributed by atoms with Crippen molar-refractivity contribution in [3.63, 3.8) is 0 Å². The highest BCUT2D eigenvalue weighted by Crippen LogP contribution is 2.49. The van der Waals surface area contributed by atoms with Crippen LogP contribution in [0.1, 0.15) is 67.1 Å². The smallest absolute Gasteiger partial charge is 0.0595 e. The van der Waals surface area contributed by atoms with Gasteiger partial charge >= 0.3 is 0 Å². The summed E-state index contributed by atoms with van der Waals surface area (Å²) in [5.41, 5.74) is 4.61. The Labute approximate surface area is 197 Å². The molecule has 0 bridgehead atoms. The summed E-state index contributed by atoms with van der Waals surface area (Å²) < 4.78 is 0. The summed E-state index contributed by atoms with van der Waals surface area (Å²) in [6.45, 7) is 6.79. The van der Waals surface area contributed by atoms with Crippen molar-refractivity contribution in [3.8, 4) is 0 Å². The summed E-state index contributed by atoms with van der Waals surface area (Å²) >= 11 is 12.6. The van der Waals surface area contributed by atoms with Crippen LogP contribution in [-0.4, -0.2) is 37.1 Å². The van der Waals surface area contributed by atoms with Crippen molar-refractivity contribution < 1.29 is 0 Å². The number of likely N-dealkylation sites (tertiary alicyclic amines) is 1. The molecule has 3 fully saturated rings. The quantitative estimate of drug-likeness (QED) is 0.546. The molecule has 2 aliphatic heterocycles. The molecule has 3 aliphatic rings. The highest BCUT2D eigenvalue weighted by atomic mass is 35.5. The zero-order valence-corrected chi connectivity index (χ0v) is 20.1. The number of piperidine rings is 1. The lowest BCUT2D eigenvalue weighted by atomic mass is 9.67. The van der Waals surface area contributed by atoms with E-state index in [2.05, 4.69) is 53.5 Å². The minimum Gasteiger partial charge on any atom is -0.316 e. The van der Waals surface area contributed by atoms with Crippen LogP contribution in [-0.2, 0) is 0 Å². The Morgan fingerprint density at radius 3 is 2.35 bits per heavy atom. The lowest BCUT2D eigenvalue weighted by molar-refractivity contribution is 0.0503. The molecule has 2 aromatic carbocycles. The highest BCUT2D eigenvalue weighted by molar-refractivity contribution is 6.42. The molecule has 2 saturated heterocycles. The molecule has 1 N–H and O–H groups in total. The molecule has 1 saturated carbocycles. The molecule has 5 rings (SSSR count). The molecule has 0 radical (unpaired) electrons. The molecule has 31 heavy (non-hydrogen) atoms. The summed E-state index contributed by atoms with van der Waals surface area (Å²) in [5, 5.41) is 5.04. The van der Waals surface area contributed by atoms with Crippen LogP contribution in [0.4, 0.5) is 0 Å². The molecular formula is C27H34Cl2N2. The van der Waals surface area contributed by atoms with Gasteiger partial charge in [-0.2, -0.15) is 0 Å². The lowest BCUT2D eigenvalue weighted by Gasteiger charge is -2.48. The van der Waals surface area contributed by atoms with Gasteiger partial charge in [-0.3, -0.25) is 4.90 Å². The Morgan fingerprint density at radius 2 is 1.61 bits per heavy atom. The first-order chi connectivity index (χ1) is 15.1. The van der Waals surface area contributed by atoms with Crippen LogP contribution >= 0.6 is 23.2 Å². The number of nitrogens with zero attached hydrogens (tertiary/aromatic N) is 1. The average Bonchev–Trinajstić information content (AvgIpc) is 3.20. The van der Waals surface area contributed by atoms with Crippen LogP contribution < -0.4 is 5.32 Å². The molecule has 3 atom stereocenters. The van der Waals surface area contributed by atoms with Crippen molar-refractivity contribution in [1.29, 1.82) is 0 Å². The second-order valence-corrected chi connectivity index (χ2v) is 10.9. The van der Waals surface area contributed by atoms with Gasteiger partial charge in [-0.05, 0) is 80.3 Å². The van der Waals surface area contributed by atoms with E-state index in [-0.39, 0.29) is 0 Å². The molecule has 2 heterocycles. The standard InChI is InChI=1S/C27H34Cl2N2/c1-19-6-8-20(9-7-19)22-4-2-3-5-26(22)31-14-12-27(13-15-31)18-30-17-23(27)21-10-11-24(28)25(29)16-21/h6-11,16,22-23,26,30H,2-5,12-15,17-18H2,1H3/t22?,23-,26?/m1/s1. The number of rotatable bonds is 3. The van der Waals surface area contributed by atoms with Gasteiger partial charge in [0.1, 0.15) is 0 Å². The normalized spacial score (nSPS) is 28.8. The van der Waals surface area contributed by atoms with Gasteiger partial charge in [0.2, 0.25) is 0 Å². The number of hydrogen-bond acceptors (Lipinski definition) is 2. The van der Waals surface area contributed by atoms with E-state index in [0.29, 0.717) is 33.3 Å². The second kappa shape index (κ2) is 9.06. The van der Waals surface area contributed by atoms with Gasteiger partial charge in [-0.1, -0.05) is 71.9 Å². The first-order valence-corrected chi connectivity index (χ1v) is 12.8. The van der Waals surface area contributed by atoms with Gasteiger partial charge in [0.05, 0.1) is 10.0 Å². The third-order valence-electron chi connectivity index (χ3n) is 8.41. The molecule has 0 aromatic heterocycles. The van der Waals surface area contributed by atoms with E-state index in [0.717, 1.165) is 13.1 Å². The van der Waals surface area contributed by atoms with Crippen LogP contribution in [0.5, 0.6) is 0 Å². The predicted octanol–water partition coefficient (Wildman–Crippen LogP) is 6.80. The van der Waals surface area contributed by atoms with E-state index < -0.39 is 0 Å². The van der Waals surface area contributed by atoms with Crippen molar-refractivity contribution in [2.24, 2.45) is 5.41 Å². The largest absolute Gasteiger partial charge is 0.316 e. The molecule has 166 valence electrons. The summed E-state index contributed by atoms with van der Waals surface area (Å²) in [4.78, 5) is 2.83. The summed E-state index contributed by atoms with van der Waals surface area (Å²) in [6, 6.07) is 16.3. The minimum absolute atomic E-state index is 0.349. The zero-order valence-electron chi connectivity index (χ0n) is 18.5. The van der Waals surface area contributed by atoms with Crippen molar-refractivity contribution in [2.75, 3.05) is 26.2 Å². The molecule has 2 nitrogen and oxygen atoms in total. The minimum atomic E-state index is 0.349. The van der Waals surface area contributed by atoms with E-state index in [9.17, 15) is 0 Å². The van der Waals surface area contributed by atoms with Crippen LogP contribution in [0, 0.1) is 12.3 Å². The summed E-state index contributed by atoms with van der Waals surface area (Å²) in [6.07, 6.45) is 7.96. The van der Waals surface area contributed by atoms with Crippen molar-refractivity contribution in [3.05, 3.63) is 69.2 Å². The molecule has 0 amide bonds. The monoisotopic (exact) mass is 456 g/mol. The fourth-order valence-corrected chi connectivity index (χ4v) is 6.89. The number of hydrogen-bond donors (Lipinski definition) is 1. The van der Waals surface area contributed by atoms with Crippen LogP contribution in [0.25, 0.3) is 0 Å². The van der Waals surface area contributed by atoms with Gasteiger partial charge in [-0.25, -0.2) is 0 Å². The maximum absolute atomic E-state index is 6.37.